The molecule has 0 bridgehead atoms. The highest BCUT2D eigenvalue weighted by atomic mass is 16.5. The summed E-state index contributed by atoms with van der Waals surface area (Å²) in [5.41, 5.74) is 0.965. The Morgan fingerprint density at radius 1 is 1.09 bits per heavy atom. The van der Waals surface area contributed by atoms with Gasteiger partial charge in [0.15, 0.2) is 0 Å². The van der Waals surface area contributed by atoms with Gasteiger partial charge in [-0.1, -0.05) is 13.8 Å². The van der Waals surface area contributed by atoms with Crippen LogP contribution in [0.5, 0.6) is 5.75 Å². The van der Waals surface area contributed by atoms with Gasteiger partial charge in [0.25, 0.3) is 0 Å². The number of nitrogens with zero attached hydrogens (tertiary/aromatic N) is 2. The third-order valence-electron chi connectivity index (χ3n) is 3.23. The van der Waals surface area contributed by atoms with Crippen molar-refractivity contribution in [3.63, 3.8) is 0 Å². The predicted molar refractivity (Wildman–Crippen MR) is 91.0 cm³/mol. The molecule has 0 saturated carbocycles. The Hall–Kier alpha value is -2.30. The number of rotatable bonds is 7. The van der Waals surface area contributed by atoms with Crippen molar-refractivity contribution in [1.29, 1.82) is 0 Å². The summed E-state index contributed by atoms with van der Waals surface area (Å²) in [5.74, 6) is 3.88. The van der Waals surface area contributed by atoms with Gasteiger partial charge in [0.2, 0.25) is 0 Å². The minimum absolute atomic E-state index is 0.673. The van der Waals surface area contributed by atoms with Gasteiger partial charge >= 0.3 is 0 Å². The van der Waals surface area contributed by atoms with E-state index in [1.54, 1.807) is 7.11 Å². The fourth-order valence-corrected chi connectivity index (χ4v) is 2.03. The Balaban J connectivity index is 2.04. The van der Waals surface area contributed by atoms with E-state index in [2.05, 4.69) is 34.4 Å². The summed E-state index contributed by atoms with van der Waals surface area (Å²) in [6.45, 7) is 7.23. The molecule has 0 aliphatic heterocycles. The van der Waals surface area contributed by atoms with E-state index in [0.717, 1.165) is 41.9 Å². The Morgan fingerprint density at radius 2 is 1.77 bits per heavy atom. The molecule has 0 aliphatic rings. The number of methoxy groups -OCH3 is 1. The van der Waals surface area contributed by atoms with Gasteiger partial charge in [-0.25, -0.2) is 9.97 Å². The monoisotopic (exact) mass is 300 g/mol. The van der Waals surface area contributed by atoms with Crippen LogP contribution in [0.2, 0.25) is 0 Å². The van der Waals surface area contributed by atoms with Crippen molar-refractivity contribution in [3.8, 4) is 5.75 Å². The zero-order chi connectivity index (χ0) is 15.9. The van der Waals surface area contributed by atoms with Crippen LogP contribution in [0.25, 0.3) is 0 Å². The lowest BCUT2D eigenvalue weighted by Gasteiger charge is -2.11. The summed E-state index contributed by atoms with van der Waals surface area (Å²) in [6, 6.07) is 9.68. The Morgan fingerprint density at radius 3 is 2.41 bits per heavy atom. The molecule has 1 heterocycles. The van der Waals surface area contributed by atoms with Crippen LogP contribution in [0.1, 0.15) is 26.1 Å². The molecular formula is C17H24N4O. The molecule has 118 valence electrons. The number of aromatic nitrogens is 2. The molecule has 2 aromatic rings. The molecule has 0 fully saturated rings. The molecular weight excluding hydrogens is 276 g/mol. The molecule has 0 spiro atoms. The number of ether oxygens (including phenoxy) is 1. The fourth-order valence-electron chi connectivity index (χ4n) is 2.03. The Labute approximate surface area is 132 Å². The first-order valence-corrected chi connectivity index (χ1v) is 7.57. The topological polar surface area (TPSA) is 59.1 Å². The van der Waals surface area contributed by atoms with Crippen molar-refractivity contribution in [2.45, 2.75) is 27.2 Å². The maximum atomic E-state index is 5.16. The van der Waals surface area contributed by atoms with E-state index in [4.69, 9.17) is 4.74 Å². The maximum Gasteiger partial charge on any atom is 0.136 e. The molecule has 5 heteroatoms. The third kappa shape index (κ3) is 4.91. The van der Waals surface area contributed by atoms with E-state index >= 15 is 0 Å². The van der Waals surface area contributed by atoms with E-state index in [0.29, 0.717) is 5.92 Å². The maximum absolute atomic E-state index is 5.16. The quantitative estimate of drug-likeness (QED) is 0.809. The average molecular weight is 300 g/mol. The van der Waals surface area contributed by atoms with Crippen molar-refractivity contribution < 1.29 is 4.74 Å². The number of anilines is 3. The van der Waals surface area contributed by atoms with Crippen LogP contribution in [-0.2, 0) is 0 Å². The van der Waals surface area contributed by atoms with E-state index in [9.17, 15) is 0 Å². The van der Waals surface area contributed by atoms with Gasteiger partial charge < -0.3 is 15.4 Å². The molecule has 2 rings (SSSR count). The van der Waals surface area contributed by atoms with Crippen LogP contribution in [0.3, 0.4) is 0 Å². The summed E-state index contributed by atoms with van der Waals surface area (Å²) in [5, 5.41) is 6.64. The number of hydrogen-bond donors (Lipinski definition) is 2. The van der Waals surface area contributed by atoms with E-state index in [-0.39, 0.29) is 0 Å². The fraction of sp³-hybridized carbons (Fsp3) is 0.412. The molecule has 5 nitrogen and oxygen atoms in total. The molecule has 0 amide bonds. The average Bonchev–Trinajstić information content (AvgIpc) is 2.47. The summed E-state index contributed by atoms with van der Waals surface area (Å²) < 4.78 is 5.16. The summed E-state index contributed by atoms with van der Waals surface area (Å²) in [7, 11) is 1.66. The highest BCUT2D eigenvalue weighted by Crippen LogP contribution is 2.20. The van der Waals surface area contributed by atoms with Crippen LogP contribution in [0, 0.1) is 12.8 Å². The molecule has 0 atom stereocenters. The second-order valence-corrected chi connectivity index (χ2v) is 5.65. The number of benzene rings is 1. The van der Waals surface area contributed by atoms with Crippen molar-refractivity contribution in [1.82, 2.24) is 9.97 Å². The van der Waals surface area contributed by atoms with Gasteiger partial charge in [-0.3, -0.25) is 0 Å². The van der Waals surface area contributed by atoms with Crippen LogP contribution < -0.4 is 15.4 Å². The first-order valence-electron chi connectivity index (χ1n) is 7.57. The zero-order valence-corrected chi connectivity index (χ0v) is 13.7. The smallest absolute Gasteiger partial charge is 0.136 e. The van der Waals surface area contributed by atoms with Crippen molar-refractivity contribution in [3.05, 3.63) is 36.2 Å². The molecule has 1 aromatic carbocycles. The van der Waals surface area contributed by atoms with Crippen molar-refractivity contribution >= 4 is 17.3 Å². The molecule has 0 aliphatic carbocycles. The highest BCUT2D eigenvalue weighted by molar-refractivity contribution is 5.59. The van der Waals surface area contributed by atoms with Gasteiger partial charge in [-0.2, -0.15) is 0 Å². The van der Waals surface area contributed by atoms with E-state index in [1.807, 2.05) is 37.3 Å². The first-order chi connectivity index (χ1) is 10.6. The second kappa shape index (κ2) is 7.64. The second-order valence-electron chi connectivity index (χ2n) is 5.65. The van der Waals surface area contributed by atoms with Gasteiger partial charge in [-0.05, 0) is 43.5 Å². The normalized spacial score (nSPS) is 10.6. The van der Waals surface area contributed by atoms with Crippen LogP contribution in [0.15, 0.2) is 30.3 Å². The van der Waals surface area contributed by atoms with Gasteiger partial charge in [0, 0.05) is 18.3 Å². The molecule has 0 unspecified atom stereocenters. The van der Waals surface area contributed by atoms with E-state index < -0.39 is 0 Å². The summed E-state index contributed by atoms with van der Waals surface area (Å²) in [6.07, 6.45) is 1.12. The third-order valence-corrected chi connectivity index (χ3v) is 3.23. The first kappa shape index (κ1) is 16.1. The lowest BCUT2D eigenvalue weighted by Crippen LogP contribution is -2.08. The largest absolute Gasteiger partial charge is 0.497 e. The summed E-state index contributed by atoms with van der Waals surface area (Å²) >= 11 is 0. The van der Waals surface area contributed by atoms with Crippen molar-refractivity contribution in [2.24, 2.45) is 5.92 Å². The Bertz CT molecular complexity index is 596. The lowest BCUT2D eigenvalue weighted by molar-refractivity contribution is 0.415. The number of nitrogens with one attached hydrogen (secondary N) is 2. The molecule has 0 radical (unpaired) electrons. The van der Waals surface area contributed by atoms with Crippen LogP contribution in [-0.4, -0.2) is 23.6 Å². The number of aryl methyl sites for hydroxylation is 1. The van der Waals surface area contributed by atoms with Gasteiger partial charge in [0.05, 0.1) is 7.11 Å². The molecule has 1 aromatic heterocycles. The molecule has 0 saturated heterocycles. The zero-order valence-electron chi connectivity index (χ0n) is 13.7. The van der Waals surface area contributed by atoms with Crippen LogP contribution in [0.4, 0.5) is 17.3 Å². The lowest BCUT2D eigenvalue weighted by atomic mass is 10.1. The minimum atomic E-state index is 0.673. The van der Waals surface area contributed by atoms with E-state index in [1.165, 1.54) is 0 Å². The number of hydrogen-bond acceptors (Lipinski definition) is 5. The predicted octanol–water partition coefficient (Wildman–Crippen LogP) is 4.00. The van der Waals surface area contributed by atoms with Gasteiger partial charge in [0.1, 0.15) is 23.2 Å². The molecule has 22 heavy (non-hydrogen) atoms. The minimum Gasteiger partial charge on any atom is -0.497 e. The standard InChI is InChI=1S/C17H24N4O/c1-12(2)9-10-18-16-11-17(20-13(3)19-16)21-14-5-7-15(22-4)8-6-14/h5-8,11-12H,9-10H2,1-4H3,(H2,18,19,20,21). The Kier molecular flexibility index (Phi) is 5.58. The SMILES string of the molecule is COc1ccc(Nc2cc(NCCC(C)C)nc(C)n2)cc1. The molecule has 2 N–H and O–H groups in total. The van der Waals surface area contributed by atoms with Gasteiger partial charge in [-0.15, -0.1) is 0 Å². The van der Waals surface area contributed by atoms with Crippen molar-refractivity contribution in [2.75, 3.05) is 24.3 Å². The highest BCUT2D eigenvalue weighted by Gasteiger charge is 2.03. The summed E-state index contributed by atoms with van der Waals surface area (Å²) in [4.78, 5) is 8.84. The van der Waals surface area contributed by atoms with Crippen LogP contribution >= 0.6 is 0 Å².